The highest BCUT2D eigenvalue weighted by molar-refractivity contribution is 7.09. The van der Waals surface area contributed by atoms with E-state index in [2.05, 4.69) is 21.6 Å². The van der Waals surface area contributed by atoms with Crippen LogP contribution in [0.5, 0.6) is 0 Å². The van der Waals surface area contributed by atoms with E-state index in [1.807, 2.05) is 0 Å². The molecule has 1 saturated carbocycles. The lowest BCUT2D eigenvalue weighted by atomic mass is 10.0. The van der Waals surface area contributed by atoms with Crippen molar-refractivity contribution in [3.63, 3.8) is 0 Å². The van der Waals surface area contributed by atoms with Crippen LogP contribution in [0.1, 0.15) is 38.4 Å². The van der Waals surface area contributed by atoms with E-state index in [9.17, 15) is 0 Å². The molecular weight excluding hydrogens is 222 g/mol. The zero-order valence-electron chi connectivity index (χ0n) is 9.95. The molecule has 0 bridgehead atoms. The van der Waals surface area contributed by atoms with Crippen molar-refractivity contribution in [3.05, 3.63) is 5.82 Å². The SMILES string of the molecule is CCCC1(CNc2nc(COC)ns2)CC1. The summed E-state index contributed by atoms with van der Waals surface area (Å²) in [5.41, 5.74) is 0.557. The molecular formula is C11H19N3OS. The third-order valence-electron chi connectivity index (χ3n) is 3.09. The Kier molecular flexibility index (Phi) is 3.76. The van der Waals surface area contributed by atoms with Gasteiger partial charge in [-0.05, 0) is 24.7 Å². The molecule has 1 N–H and O–H groups in total. The first kappa shape index (κ1) is 11.8. The Bertz CT molecular complexity index is 336. The molecule has 0 saturated heterocycles. The van der Waals surface area contributed by atoms with Crippen molar-refractivity contribution < 1.29 is 4.74 Å². The van der Waals surface area contributed by atoms with Crippen LogP contribution in [-0.2, 0) is 11.3 Å². The summed E-state index contributed by atoms with van der Waals surface area (Å²) in [6.45, 7) is 3.79. The van der Waals surface area contributed by atoms with E-state index in [0.29, 0.717) is 12.0 Å². The summed E-state index contributed by atoms with van der Waals surface area (Å²) in [7, 11) is 1.66. The van der Waals surface area contributed by atoms with Gasteiger partial charge in [0.15, 0.2) is 5.82 Å². The van der Waals surface area contributed by atoms with Crippen LogP contribution in [0.25, 0.3) is 0 Å². The summed E-state index contributed by atoms with van der Waals surface area (Å²) in [5, 5.41) is 4.33. The van der Waals surface area contributed by atoms with Crippen molar-refractivity contribution in [1.29, 1.82) is 0 Å². The van der Waals surface area contributed by atoms with E-state index < -0.39 is 0 Å². The van der Waals surface area contributed by atoms with Gasteiger partial charge in [-0.2, -0.15) is 4.37 Å². The Morgan fingerprint density at radius 3 is 2.94 bits per heavy atom. The summed E-state index contributed by atoms with van der Waals surface area (Å²) < 4.78 is 9.21. The number of anilines is 1. The van der Waals surface area contributed by atoms with Crippen molar-refractivity contribution in [2.45, 2.75) is 39.2 Å². The third-order valence-corrected chi connectivity index (χ3v) is 3.80. The van der Waals surface area contributed by atoms with E-state index in [0.717, 1.165) is 17.5 Å². The van der Waals surface area contributed by atoms with Crippen molar-refractivity contribution in [3.8, 4) is 0 Å². The van der Waals surface area contributed by atoms with Gasteiger partial charge in [0.1, 0.15) is 6.61 Å². The summed E-state index contributed by atoms with van der Waals surface area (Å²) in [5.74, 6) is 0.773. The van der Waals surface area contributed by atoms with E-state index >= 15 is 0 Å². The lowest BCUT2D eigenvalue weighted by molar-refractivity contribution is 0.179. The zero-order chi connectivity index (χ0) is 11.4. The molecule has 1 fully saturated rings. The van der Waals surface area contributed by atoms with Gasteiger partial charge >= 0.3 is 0 Å². The molecule has 1 heterocycles. The van der Waals surface area contributed by atoms with E-state index in [1.165, 1.54) is 37.2 Å². The molecule has 0 amide bonds. The zero-order valence-corrected chi connectivity index (χ0v) is 10.8. The number of methoxy groups -OCH3 is 1. The molecule has 16 heavy (non-hydrogen) atoms. The highest BCUT2D eigenvalue weighted by Gasteiger charge is 2.41. The average Bonchev–Trinajstić information content (AvgIpc) is 2.89. The van der Waals surface area contributed by atoms with Crippen LogP contribution in [0.3, 0.4) is 0 Å². The number of nitrogens with one attached hydrogen (secondary N) is 1. The molecule has 1 aromatic heterocycles. The monoisotopic (exact) mass is 241 g/mol. The Morgan fingerprint density at radius 2 is 2.31 bits per heavy atom. The number of aromatic nitrogens is 2. The number of hydrogen-bond donors (Lipinski definition) is 1. The smallest absolute Gasteiger partial charge is 0.202 e. The normalized spacial score (nSPS) is 17.4. The number of hydrogen-bond acceptors (Lipinski definition) is 5. The van der Waals surface area contributed by atoms with Gasteiger partial charge in [-0.3, -0.25) is 0 Å². The van der Waals surface area contributed by atoms with Crippen molar-refractivity contribution >= 4 is 16.7 Å². The summed E-state index contributed by atoms with van der Waals surface area (Å²) in [4.78, 5) is 4.36. The maximum absolute atomic E-state index is 4.99. The highest BCUT2D eigenvalue weighted by atomic mass is 32.1. The van der Waals surface area contributed by atoms with Crippen LogP contribution < -0.4 is 5.32 Å². The van der Waals surface area contributed by atoms with E-state index in [-0.39, 0.29) is 0 Å². The Morgan fingerprint density at radius 1 is 1.50 bits per heavy atom. The molecule has 0 atom stereocenters. The molecule has 1 aliphatic rings. The van der Waals surface area contributed by atoms with Crippen LogP contribution in [0.2, 0.25) is 0 Å². The van der Waals surface area contributed by atoms with Crippen LogP contribution >= 0.6 is 11.5 Å². The van der Waals surface area contributed by atoms with Crippen LogP contribution in [0, 0.1) is 5.41 Å². The highest BCUT2D eigenvalue weighted by Crippen LogP contribution is 2.49. The molecule has 0 spiro atoms. The lowest BCUT2D eigenvalue weighted by Gasteiger charge is -2.13. The number of nitrogens with zero attached hydrogens (tertiary/aromatic N) is 2. The van der Waals surface area contributed by atoms with Gasteiger partial charge < -0.3 is 10.1 Å². The molecule has 1 aromatic rings. The minimum atomic E-state index is 0.498. The standard InChI is InChI=1S/C11H19N3OS/c1-3-4-11(5-6-11)8-12-10-13-9(7-15-2)14-16-10/h3-8H2,1-2H3,(H,12,13,14). The molecule has 5 heteroatoms. The van der Waals surface area contributed by atoms with Crippen molar-refractivity contribution in [1.82, 2.24) is 9.36 Å². The number of ether oxygens (including phenoxy) is 1. The van der Waals surface area contributed by atoms with E-state index in [1.54, 1.807) is 7.11 Å². The topological polar surface area (TPSA) is 47.0 Å². The first-order chi connectivity index (χ1) is 7.78. The second-order valence-electron chi connectivity index (χ2n) is 4.55. The van der Waals surface area contributed by atoms with Gasteiger partial charge in [0.05, 0.1) is 0 Å². The molecule has 90 valence electrons. The molecule has 4 nitrogen and oxygen atoms in total. The summed E-state index contributed by atoms with van der Waals surface area (Å²) >= 11 is 1.42. The number of rotatable bonds is 7. The summed E-state index contributed by atoms with van der Waals surface area (Å²) in [6, 6.07) is 0. The second-order valence-corrected chi connectivity index (χ2v) is 5.30. The Balaban J connectivity index is 1.80. The van der Waals surface area contributed by atoms with Gasteiger partial charge in [0.2, 0.25) is 5.13 Å². The van der Waals surface area contributed by atoms with Crippen LogP contribution in [-0.4, -0.2) is 23.0 Å². The fourth-order valence-electron chi connectivity index (χ4n) is 2.00. The second kappa shape index (κ2) is 5.10. The quantitative estimate of drug-likeness (QED) is 0.797. The Hall–Kier alpha value is -0.680. The van der Waals surface area contributed by atoms with Crippen LogP contribution in [0.4, 0.5) is 5.13 Å². The predicted octanol–water partition coefficient (Wildman–Crippen LogP) is 2.68. The van der Waals surface area contributed by atoms with Gasteiger partial charge in [-0.15, -0.1) is 0 Å². The van der Waals surface area contributed by atoms with Gasteiger partial charge in [-0.25, -0.2) is 4.98 Å². The fourth-order valence-corrected chi connectivity index (χ4v) is 2.57. The van der Waals surface area contributed by atoms with Gasteiger partial charge in [0.25, 0.3) is 0 Å². The minimum Gasteiger partial charge on any atom is -0.377 e. The molecule has 0 aromatic carbocycles. The maximum atomic E-state index is 4.99. The minimum absolute atomic E-state index is 0.498. The van der Waals surface area contributed by atoms with Gasteiger partial charge in [0, 0.05) is 25.2 Å². The first-order valence-electron chi connectivity index (χ1n) is 5.83. The molecule has 1 aliphatic carbocycles. The average molecular weight is 241 g/mol. The van der Waals surface area contributed by atoms with Crippen LogP contribution in [0.15, 0.2) is 0 Å². The van der Waals surface area contributed by atoms with E-state index in [4.69, 9.17) is 4.74 Å². The lowest BCUT2D eigenvalue weighted by Crippen LogP contribution is -2.15. The van der Waals surface area contributed by atoms with Gasteiger partial charge in [-0.1, -0.05) is 13.3 Å². The molecule has 0 aliphatic heterocycles. The first-order valence-corrected chi connectivity index (χ1v) is 6.61. The van der Waals surface area contributed by atoms with Crippen molar-refractivity contribution in [2.75, 3.05) is 19.0 Å². The predicted molar refractivity (Wildman–Crippen MR) is 65.7 cm³/mol. The molecule has 2 rings (SSSR count). The summed E-state index contributed by atoms with van der Waals surface area (Å²) in [6.07, 6.45) is 5.31. The fraction of sp³-hybridized carbons (Fsp3) is 0.818. The third kappa shape index (κ3) is 2.92. The molecule has 0 radical (unpaired) electrons. The largest absolute Gasteiger partial charge is 0.377 e. The maximum Gasteiger partial charge on any atom is 0.202 e. The Labute approximate surface area is 101 Å². The van der Waals surface area contributed by atoms with Crippen molar-refractivity contribution in [2.24, 2.45) is 5.41 Å². The molecule has 0 unspecified atom stereocenters.